The smallest absolute Gasteiger partial charge is 0.416 e. The van der Waals surface area contributed by atoms with Crippen LogP contribution in [0.5, 0.6) is 5.75 Å². The number of hydrogen-bond acceptors (Lipinski definition) is 6. The molecule has 0 saturated carbocycles. The Hall–Kier alpha value is -3.31. The van der Waals surface area contributed by atoms with E-state index in [0.29, 0.717) is 16.3 Å². The number of benzene rings is 2. The summed E-state index contributed by atoms with van der Waals surface area (Å²) in [5.41, 5.74) is -0.128. The van der Waals surface area contributed by atoms with Crippen molar-refractivity contribution < 1.29 is 31.5 Å². The molecule has 1 aromatic heterocycles. The molecule has 0 saturated heterocycles. The van der Waals surface area contributed by atoms with Gasteiger partial charge in [0.15, 0.2) is 9.84 Å². The monoisotopic (exact) mass is 536 g/mol. The first-order chi connectivity index (χ1) is 17.0. The van der Waals surface area contributed by atoms with Gasteiger partial charge in [-0.3, -0.25) is 4.79 Å². The van der Waals surface area contributed by atoms with Crippen LogP contribution in [0.3, 0.4) is 0 Å². The molecule has 3 aromatic rings. The Bertz CT molecular complexity index is 1340. The minimum absolute atomic E-state index is 0.00353. The van der Waals surface area contributed by atoms with Crippen LogP contribution in [0.4, 0.5) is 18.9 Å². The predicted octanol–water partition coefficient (Wildman–Crippen LogP) is 5.42. The maximum Gasteiger partial charge on any atom is 0.416 e. The fourth-order valence-electron chi connectivity index (χ4n) is 3.39. The van der Waals surface area contributed by atoms with Crippen molar-refractivity contribution in [3.63, 3.8) is 0 Å². The minimum atomic E-state index is -4.60. The molecular weight excluding hydrogens is 513 g/mol. The molecular formula is C25H23F3N2O4S2. The van der Waals surface area contributed by atoms with Crippen LogP contribution in [0.1, 0.15) is 21.9 Å². The molecule has 0 aliphatic heterocycles. The van der Waals surface area contributed by atoms with E-state index < -0.39 is 32.7 Å². The van der Waals surface area contributed by atoms with Gasteiger partial charge in [0.05, 0.1) is 23.4 Å². The number of phenolic OH excluding ortho intramolecular Hbond substituents is 1. The van der Waals surface area contributed by atoms with Gasteiger partial charge in [0.25, 0.3) is 0 Å². The number of halogens is 3. The van der Waals surface area contributed by atoms with Gasteiger partial charge in [-0.25, -0.2) is 13.4 Å². The average Bonchev–Trinajstić information content (AvgIpc) is 2.81. The Labute approximate surface area is 211 Å². The lowest BCUT2D eigenvalue weighted by atomic mass is 10.1. The number of anilines is 1. The second kappa shape index (κ2) is 11.6. The van der Waals surface area contributed by atoms with Crippen molar-refractivity contribution in [2.24, 2.45) is 0 Å². The molecule has 1 atom stereocenters. The van der Waals surface area contributed by atoms with E-state index in [2.05, 4.69) is 16.9 Å². The Morgan fingerprint density at radius 3 is 2.58 bits per heavy atom. The van der Waals surface area contributed by atoms with Gasteiger partial charge in [-0.2, -0.15) is 13.2 Å². The number of para-hydroxylation sites is 1. The lowest BCUT2D eigenvalue weighted by molar-refractivity contribution is -0.137. The number of hydrogen-bond donors (Lipinski definition) is 2. The number of nitrogens with zero attached hydrogens (tertiary/aromatic N) is 1. The summed E-state index contributed by atoms with van der Waals surface area (Å²) in [6.45, 7) is 3.50. The fourth-order valence-corrected chi connectivity index (χ4v) is 6.37. The number of carbonyl (C=O) groups excluding carboxylic acids is 1. The van der Waals surface area contributed by atoms with E-state index in [9.17, 15) is 31.5 Å². The van der Waals surface area contributed by atoms with E-state index in [1.165, 1.54) is 18.3 Å². The summed E-state index contributed by atoms with van der Waals surface area (Å²) in [5.74, 6) is -0.705. The summed E-state index contributed by atoms with van der Waals surface area (Å²) in [7, 11) is -3.89. The van der Waals surface area contributed by atoms with Crippen molar-refractivity contribution in [2.75, 3.05) is 16.8 Å². The summed E-state index contributed by atoms with van der Waals surface area (Å²) < 4.78 is 65.1. The SMILES string of the molecule is C=CC(c1cccc(C(F)(F)F)c1)S(=O)(=O)CCSc1ncccc1NC(=O)Cc1ccccc1O. The van der Waals surface area contributed by atoms with E-state index in [4.69, 9.17) is 0 Å². The van der Waals surface area contributed by atoms with Crippen LogP contribution in [0.15, 0.2) is 84.5 Å². The van der Waals surface area contributed by atoms with Crippen LogP contribution in [0.25, 0.3) is 0 Å². The summed E-state index contributed by atoms with van der Waals surface area (Å²) in [6, 6.07) is 13.8. The third-order valence-electron chi connectivity index (χ3n) is 5.14. The normalized spacial score (nSPS) is 12.6. The van der Waals surface area contributed by atoms with Crippen LogP contribution < -0.4 is 5.32 Å². The molecule has 190 valence electrons. The van der Waals surface area contributed by atoms with Crippen molar-refractivity contribution in [1.29, 1.82) is 0 Å². The maximum absolute atomic E-state index is 13.1. The Morgan fingerprint density at radius 1 is 1.14 bits per heavy atom. The summed E-state index contributed by atoms with van der Waals surface area (Å²) in [6.07, 6.45) is -2.07. The highest BCUT2D eigenvalue weighted by Gasteiger charge is 2.32. The predicted molar refractivity (Wildman–Crippen MR) is 134 cm³/mol. The van der Waals surface area contributed by atoms with Crippen molar-refractivity contribution in [3.8, 4) is 5.75 Å². The van der Waals surface area contributed by atoms with Crippen molar-refractivity contribution in [3.05, 3.63) is 96.2 Å². The number of phenols is 1. The lowest BCUT2D eigenvalue weighted by Crippen LogP contribution is -2.18. The zero-order chi connectivity index (χ0) is 26.3. The van der Waals surface area contributed by atoms with Gasteiger partial charge in [0.1, 0.15) is 16.0 Å². The first kappa shape index (κ1) is 27.3. The highest BCUT2D eigenvalue weighted by Crippen LogP contribution is 2.34. The number of rotatable bonds is 10. The molecule has 3 rings (SSSR count). The first-order valence-electron chi connectivity index (χ1n) is 10.7. The number of sulfone groups is 1. The number of pyridine rings is 1. The van der Waals surface area contributed by atoms with Crippen LogP contribution in [-0.4, -0.2) is 35.9 Å². The Morgan fingerprint density at radius 2 is 1.89 bits per heavy atom. The van der Waals surface area contributed by atoms with Gasteiger partial charge in [-0.1, -0.05) is 42.5 Å². The molecule has 36 heavy (non-hydrogen) atoms. The minimum Gasteiger partial charge on any atom is -0.508 e. The number of nitrogens with one attached hydrogen (secondary N) is 1. The fraction of sp³-hybridized carbons (Fsp3) is 0.200. The number of amides is 1. The summed E-state index contributed by atoms with van der Waals surface area (Å²) in [5, 5.41) is 11.6. The average molecular weight is 537 g/mol. The van der Waals surface area contributed by atoms with E-state index in [1.54, 1.807) is 30.3 Å². The molecule has 0 aliphatic carbocycles. The summed E-state index contributed by atoms with van der Waals surface area (Å²) in [4.78, 5) is 16.7. The van der Waals surface area contributed by atoms with Gasteiger partial charge in [-0.15, -0.1) is 18.3 Å². The van der Waals surface area contributed by atoms with E-state index >= 15 is 0 Å². The zero-order valence-electron chi connectivity index (χ0n) is 18.9. The van der Waals surface area contributed by atoms with E-state index in [1.807, 2.05) is 0 Å². The number of aromatic nitrogens is 1. The highest BCUT2D eigenvalue weighted by molar-refractivity contribution is 8.00. The lowest BCUT2D eigenvalue weighted by Gasteiger charge is -2.16. The second-order valence-electron chi connectivity index (χ2n) is 7.70. The molecule has 6 nitrogen and oxygen atoms in total. The number of carbonyl (C=O) groups is 1. The number of thioether (sulfide) groups is 1. The zero-order valence-corrected chi connectivity index (χ0v) is 20.5. The van der Waals surface area contributed by atoms with E-state index in [-0.39, 0.29) is 29.2 Å². The molecule has 2 N–H and O–H groups in total. The molecule has 2 aromatic carbocycles. The third kappa shape index (κ3) is 7.11. The van der Waals surface area contributed by atoms with E-state index in [0.717, 1.165) is 36.0 Å². The maximum atomic E-state index is 13.1. The topological polar surface area (TPSA) is 96.4 Å². The first-order valence-corrected chi connectivity index (χ1v) is 13.4. The molecule has 11 heteroatoms. The van der Waals surface area contributed by atoms with Crippen molar-refractivity contribution in [1.82, 2.24) is 4.98 Å². The molecule has 1 unspecified atom stereocenters. The van der Waals surface area contributed by atoms with Gasteiger partial charge in [0, 0.05) is 17.5 Å². The molecule has 0 aliphatic rings. The van der Waals surface area contributed by atoms with Crippen LogP contribution >= 0.6 is 11.8 Å². The molecule has 0 spiro atoms. The quantitative estimate of drug-likeness (QED) is 0.265. The molecule has 0 fully saturated rings. The molecule has 1 amide bonds. The molecule has 0 bridgehead atoms. The number of aromatic hydroxyl groups is 1. The second-order valence-corrected chi connectivity index (χ2v) is 11.0. The standard InChI is InChI=1S/C25H23F3N2O4S2/c1-2-22(18-8-5-9-19(15-18)25(26,27)28)36(33,34)14-13-35-24-20(10-6-12-29-24)30-23(32)16-17-7-3-4-11-21(17)31/h2-12,15,22,31H,1,13-14,16H2,(H,30,32). The van der Waals surface area contributed by atoms with Crippen LogP contribution in [0, 0.1) is 0 Å². The highest BCUT2D eigenvalue weighted by atomic mass is 32.2. The van der Waals surface area contributed by atoms with Crippen molar-refractivity contribution in [2.45, 2.75) is 22.9 Å². The summed E-state index contributed by atoms with van der Waals surface area (Å²) >= 11 is 1.09. The van der Waals surface area contributed by atoms with Gasteiger partial charge in [-0.05, 0) is 29.8 Å². The Kier molecular flexibility index (Phi) is 8.80. The third-order valence-corrected chi connectivity index (χ3v) is 8.41. The van der Waals surface area contributed by atoms with Crippen molar-refractivity contribution >= 4 is 33.2 Å². The van der Waals surface area contributed by atoms with Gasteiger partial charge in [0.2, 0.25) is 5.91 Å². The van der Waals surface area contributed by atoms with Crippen LogP contribution in [-0.2, 0) is 27.2 Å². The number of alkyl halides is 3. The van der Waals surface area contributed by atoms with Crippen LogP contribution in [0.2, 0.25) is 0 Å². The van der Waals surface area contributed by atoms with Gasteiger partial charge >= 0.3 is 6.18 Å². The molecule has 1 heterocycles. The largest absolute Gasteiger partial charge is 0.508 e. The van der Waals surface area contributed by atoms with Gasteiger partial charge < -0.3 is 10.4 Å². The molecule has 0 radical (unpaired) electrons. The Balaban J connectivity index is 1.67.